The van der Waals surface area contributed by atoms with Gasteiger partial charge in [0.2, 0.25) is 0 Å². The second kappa shape index (κ2) is 4.93. The molecule has 0 saturated carbocycles. The second-order valence-corrected chi connectivity index (χ2v) is 5.67. The summed E-state index contributed by atoms with van der Waals surface area (Å²) in [6.45, 7) is 1.94. The van der Waals surface area contributed by atoms with Crippen LogP contribution < -0.4 is 5.73 Å². The van der Waals surface area contributed by atoms with Crippen molar-refractivity contribution in [1.82, 2.24) is 4.57 Å². The third-order valence-corrected chi connectivity index (χ3v) is 3.89. The van der Waals surface area contributed by atoms with Gasteiger partial charge >= 0.3 is 0 Å². The van der Waals surface area contributed by atoms with Gasteiger partial charge in [-0.2, -0.15) is 0 Å². The summed E-state index contributed by atoms with van der Waals surface area (Å²) in [4.78, 5) is 12.8. The van der Waals surface area contributed by atoms with Gasteiger partial charge < -0.3 is 10.3 Å². The molecular weight excluding hydrogens is 284 g/mol. The van der Waals surface area contributed by atoms with Gasteiger partial charge in [-0.25, -0.2) is 0 Å². The molecule has 106 valence electrons. The minimum Gasteiger partial charge on any atom is -0.398 e. The van der Waals surface area contributed by atoms with E-state index in [1.807, 2.05) is 49.0 Å². The molecule has 1 aromatic heterocycles. The van der Waals surface area contributed by atoms with Gasteiger partial charge in [0, 0.05) is 46.0 Å². The number of halogens is 1. The fourth-order valence-corrected chi connectivity index (χ4v) is 2.72. The Hall–Kier alpha value is -2.26. The Morgan fingerprint density at radius 1 is 1.14 bits per heavy atom. The Morgan fingerprint density at radius 3 is 2.67 bits per heavy atom. The molecule has 2 N–H and O–H groups in total. The van der Waals surface area contributed by atoms with Gasteiger partial charge in [0.05, 0.1) is 0 Å². The van der Waals surface area contributed by atoms with Crippen molar-refractivity contribution in [3.8, 4) is 0 Å². The number of benzene rings is 2. The summed E-state index contributed by atoms with van der Waals surface area (Å²) in [6, 6.07) is 11.0. The number of nitrogens with two attached hydrogens (primary N) is 1. The van der Waals surface area contributed by atoms with E-state index in [1.165, 1.54) is 0 Å². The number of anilines is 1. The van der Waals surface area contributed by atoms with E-state index in [-0.39, 0.29) is 5.78 Å². The lowest BCUT2D eigenvalue weighted by molar-refractivity contribution is 0.104. The van der Waals surface area contributed by atoms with E-state index >= 15 is 0 Å². The van der Waals surface area contributed by atoms with Gasteiger partial charge in [-0.3, -0.25) is 4.79 Å². The largest absolute Gasteiger partial charge is 0.398 e. The molecule has 0 atom stereocenters. The Bertz CT molecular complexity index is 865. The molecule has 4 heteroatoms. The van der Waals surface area contributed by atoms with E-state index in [0.717, 1.165) is 16.5 Å². The van der Waals surface area contributed by atoms with Gasteiger partial charge in [-0.1, -0.05) is 29.3 Å². The van der Waals surface area contributed by atoms with Crippen LogP contribution in [0.4, 0.5) is 5.69 Å². The molecule has 21 heavy (non-hydrogen) atoms. The number of fused-ring (bicyclic) bond motifs is 1. The average Bonchev–Trinajstić information content (AvgIpc) is 2.78. The topological polar surface area (TPSA) is 48.0 Å². The fourth-order valence-electron chi connectivity index (χ4n) is 2.55. The maximum atomic E-state index is 12.8. The van der Waals surface area contributed by atoms with E-state index in [2.05, 4.69) is 0 Å². The molecule has 0 fully saturated rings. The normalized spacial score (nSPS) is 11.0. The number of aromatic nitrogens is 1. The number of hydrogen-bond donors (Lipinski definition) is 1. The SMILES string of the molecule is Cc1ccc(N)c(C(=O)c2cn(C)c3cc(Cl)ccc23)c1. The summed E-state index contributed by atoms with van der Waals surface area (Å²) < 4.78 is 1.90. The molecule has 0 unspecified atom stereocenters. The molecule has 0 aliphatic heterocycles. The minimum absolute atomic E-state index is 0.0656. The maximum absolute atomic E-state index is 12.8. The lowest BCUT2D eigenvalue weighted by Crippen LogP contribution is -2.05. The molecule has 3 rings (SSSR count). The summed E-state index contributed by atoms with van der Waals surface area (Å²) in [7, 11) is 1.90. The average molecular weight is 299 g/mol. The highest BCUT2D eigenvalue weighted by atomic mass is 35.5. The predicted molar refractivity (Wildman–Crippen MR) is 87.0 cm³/mol. The van der Waals surface area contributed by atoms with Crippen LogP contribution in [-0.2, 0) is 7.05 Å². The quantitative estimate of drug-likeness (QED) is 0.575. The number of carbonyl (C=O) groups is 1. The van der Waals surface area contributed by atoms with Crippen LogP contribution in [0.2, 0.25) is 5.02 Å². The van der Waals surface area contributed by atoms with Crippen LogP contribution >= 0.6 is 11.6 Å². The van der Waals surface area contributed by atoms with Crippen LogP contribution in [0, 0.1) is 6.92 Å². The van der Waals surface area contributed by atoms with Gasteiger partial charge in [0.1, 0.15) is 0 Å². The molecule has 0 spiro atoms. The second-order valence-electron chi connectivity index (χ2n) is 5.23. The Balaban J connectivity index is 2.21. The predicted octanol–water partition coefficient (Wildman–Crippen LogP) is 3.95. The zero-order chi connectivity index (χ0) is 15.1. The first kappa shape index (κ1) is 13.7. The summed E-state index contributed by atoms with van der Waals surface area (Å²) in [6.07, 6.45) is 1.82. The summed E-state index contributed by atoms with van der Waals surface area (Å²) in [5.41, 5.74) is 9.57. The lowest BCUT2D eigenvalue weighted by Gasteiger charge is -2.05. The van der Waals surface area contributed by atoms with Crippen LogP contribution in [0.1, 0.15) is 21.5 Å². The molecule has 1 heterocycles. The molecule has 0 aliphatic carbocycles. The van der Waals surface area contributed by atoms with Gasteiger partial charge in [0.15, 0.2) is 5.78 Å². The van der Waals surface area contributed by atoms with Crippen molar-refractivity contribution in [2.24, 2.45) is 7.05 Å². The smallest absolute Gasteiger partial charge is 0.197 e. The number of nitrogens with zero attached hydrogens (tertiary/aromatic N) is 1. The number of carbonyl (C=O) groups excluding carboxylic acids is 1. The lowest BCUT2D eigenvalue weighted by atomic mass is 9.99. The highest BCUT2D eigenvalue weighted by Gasteiger charge is 2.18. The number of ketones is 1. The minimum atomic E-state index is -0.0656. The first-order valence-corrected chi connectivity index (χ1v) is 7.00. The van der Waals surface area contributed by atoms with Gasteiger partial charge in [0.25, 0.3) is 0 Å². The zero-order valence-electron chi connectivity index (χ0n) is 11.9. The Morgan fingerprint density at radius 2 is 1.90 bits per heavy atom. The number of aryl methyl sites for hydroxylation is 2. The zero-order valence-corrected chi connectivity index (χ0v) is 12.6. The first-order chi connectivity index (χ1) is 9.97. The van der Waals surface area contributed by atoms with E-state index in [1.54, 1.807) is 12.1 Å². The highest BCUT2D eigenvalue weighted by molar-refractivity contribution is 6.31. The van der Waals surface area contributed by atoms with Crippen molar-refractivity contribution in [2.45, 2.75) is 6.92 Å². The molecular formula is C17H15ClN2O. The van der Waals surface area contributed by atoms with Gasteiger partial charge in [-0.05, 0) is 31.2 Å². The maximum Gasteiger partial charge on any atom is 0.197 e. The molecule has 2 aromatic carbocycles. The van der Waals surface area contributed by atoms with Gasteiger partial charge in [-0.15, -0.1) is 0 Å². The van der Waals surface area contributed by atoms with Crippen LogP contribution in [0.5, 0.6) is 0 Å². The number of nitrogen functional groups attached to an aromatic ring is 1. The summed E-state index contributed by atoms with van der Waals surface area (Å²) >= 11 is 6.02. The van der Waals surface area contributed by atoms with Crippen molar-refractivity contribution in [3.63, 3.8) is 0 Å². The molecule has 0 saturated heterocycles. The van der Waals surface area contributed by atoms with Crippen molar-refractivity contribution < 1.29 is 4.79 Å². The van der Waals surface area contributed by atoms with Crippen LogP contribution in [0.3, 0.4) is 0 Å². The van der Waals surface area contributed by atoms with Crippen molar-refractivity contribution in [2.75, 3.05) is 5.73 Å². The van der Waals surface area contributed by atoms with E-state index in [0.29, 0.717) is 21.8 Å². The molecule has 0 radical (unpaired) electrons. The first-order valence-electron chi connectivity index (χ1n) is 6.63. The summed E-state index contributed by atoms with van der Waals surface area (Å²) in [5.74, 6) is -0.0656. The van der Waals surface area contributed by atoms with Crippen LogP contribution in [-0.4, -0.2) is 10.4 Å². The van der Waals surface area contributed by atoms with Crippen LogP contribution in [0.15, 0.2) is 42.6 Å². The summed E-state index contributed by atoms with van der Waals surface area (Å²) in [5, 5.41) is 1.53. The Labute approximate surface area is 127 Å². The van der Waals surface area contributed by atoms with Crippen molar-refractivity contribution >= 4 is 34.0 Å². The van der Waals surface area contributed by atoms with E-state index < -0.39 is 0 Å². The fraction of sp³-hybridized carbons (Fsp3) is 0.118. The van der Waals surface area contributed by atoms with Crippen molar-refractivity contribution in [1.29, 1.82) is 0 Å². The van der Waals surface area contributed by atoms with Crippen molar-refractivity contribution in [3.05, 3.63) is 64.3 Å². The third kappa shape index (κ3) is 2.30. The van der Waals surface area contributed by atoms with E-state index in [4.69, 9.17) is 17.3 Å². The van der Waals surface area contributed by atoms with Crippen LogP contribution in [0.25, 0.3) is 10.9 Å². The molecule has 3 nitrogen and oxygen atoms in total. The molecule has 0 aliphatic rings. The number of rotatable bonds is 2. The number of hydrogen-bond acceptors (Lipinski definition) is 2. The van der Waals surface area contributed by atoms with E-state index in [9.17, 15) is 4.79 Å². The Kier molecular flexibility index (Phi) is 3.22. The molecule has 0 amide bonds. The standard InChI is InChI=1S/C17H15ClN2O/c1-10-3-6-15(19)13(7-10)17(21)14-9-20(2)16-8-11(18)4-5-12(14)16/h3-9H,19H2,1-2H3. The monoisotopic (exact) mass is 298 g/mol. The molecule has 0 bridgehead atoms. The molecule has 3 aromatic rings. The third-order valence-electron chi connectivity index (χ3n) is 3.65. The highest BCUT2D eigenvalue weighted by Crippen LogP contribution is 2.27.